The number of carbonyl (C=O) groups is 2. The number of esters is 1. The Hall–Kier alpha value is -0.930. The molecule has 4 rings (SSSR count). The van der Waals surface area contributed by atoms with Crippen LogP contribution in [0, 0.1) is 39.9 Å². The lowest BCUT2D eigenvalue weighted by molar-refractivity contribution is -0.198. The number of halogens is 1. The van der Waals surface area contributed by atoms with Crippen LogP contribution in [0.25, 0.3) is 0 Å². The van der Waals surface area contributed by atoms with Gasteiger partial charge in [0, 0.05) is 5.92 Å². The summed E-state index contributed by atoms with van der Waals surface area (Å²) in [4.78, 5) is 25.8. The second-order valence-corrected chi connectivity index (χ2v) is 9.81. The molecular formula is C21H31FO3. The van der Waals surface area contributed by atoms with Gasteiger partial charge < -0.3 is 4.74 Å². The molecule has 3 nitrogen and oxygen atoms in total. The molecule has 1 spiro atoms. The molecule has 8 atom stereocenters. The van der Waals surface area contributed by atoms with Crippen LogP contribution >= 0.6 is 0 Å². The maximum atomic E-state index is 15.7. The Morgan fingerprint density at radius 2 is 1.92 bits per heavy atom. The number of carbonyl (C=O) groups excluding carboxylic acids is 2. The summed E-state index contributed by atoms with van der Waals surface area (Å²) in [6.07, 6.45) is 4.64. The first kappa shape index (κ1) is 17.5. The zero-order valence-electron chi connectivity index (χ0n) is 15.9. The lowest BCUT2D eigenvalue weighted by Crippen LogP contribution is -2.63. The number of hydrogen-bond acceptors (Lipinski definition) is 3. The van der Waals surface area contributed by atoms with E-state index in [0.717, 1.165) is 38.5 Å². The topological polar surface area (TPSA) is 43.4 Å². The molecule has 4 heteroatoms. The minimum absolute atomic E-state index is 0.000943. The van der Waals surface area contributed by atoms with Crippen molar-refractivity contribution in [2.24, 2.45) is 39.9 Å². The number of rotatable bonds is 1. The Bertz CT molecular complexity index is 618. The van der Waals surface area contributed by atoms with Crippen LogP contribution in [-0.4, -0.2) is 25.0 Å². The number of methoxy groups -OCH3 is 1. The Morgan fingerprint density at radius 3 is 2.60 bits per heavy atom. The second kappa shape index (κ2) is 5.29. The fourth-order valence-electron chi connectivity index (χ4n) is 7.83. The average Bonchev–Trinajstić information content (AvgIpc) is 2.78. The molecule has 0 heterocycles. The van der Waals surface area contributed by atoms with Crippen molar-refractivity contribution >= 4 is 11.8 Å². The van der Waals surface area contributed by atoms with Gasteiger partial charge in [0.05, 0.1) is 17.9 Å². The number of fused-ring (bicyclic) bond motifs is 3. The van der Waals surface area contributed by atoms with Gasteiger partial charge in [-0.15, -0.1) is 0 Å². The van der Waals surface area contributed by atoms with E-state index >= 15 is 4.39 Å². The Labute approximate surface area is 150 Å². The van der Waals surface area contributed by atoms with E-state index < -0.39 is 17.0 Å². The quantitative estimate of drug-likeness (QED) is 0.661. The normalized spacial score (nSPS) is 54.6. The zero-order valence-corrected chi connectivity index (χ0v) is 15.9. The first-order chi connectivity index (χ1) is 11.7. The van der Waals surface area contributed by atoms with Crippen LogP contribution in [0.3, 0.4) is 0 Å². The Kier molecular flexibility index (Phi) is 3.70. The zero-order chi connectivity index (χ0) is 18.2. The van der Waals surface area contributed by atoms with Crippen molar-refractivity contribution in [1.29, 1.82) is 0 Å². The van der Waals surface area contributed by atoms with Crippen LogP contribution in [-0.2, 0) is 14.3 Å². The summed E-state index contributed by atoms with van der Waals surface area (Å²) >= 11 is 0. The summed E-state index contributed by atoms with van der Waals surface area (Å²) < 4.78 is 20.8. The molecule has 4 aliphatic rings. The first-order valence-electron chi connectivity index (χ1n) is 9.98. The summed E-state index contributed by atoms with van der Waals surface area (Å²) in [5.74, 6) is 0.374. The van der Waals surface area contributed by atoms with Gasteiger partial charge in [0.2, 0.25) is 0 Å². The number of Topliss-reactive ketones (excluding diaryl/α,β-unsaturated/α-hetero) is 1. The highest BCUT2D eigenvalue weighted by Crippen LogP contribution is 2.71. The van der Waals surface area contributed by atoms with Gasteiger partial charge in [-0.3, -0.25) is 9.59 Å². The summed E-state index contributed by atoms with van der Waals surface area (Å²) in [6, 6.07) is 0. The number of hydrogen-bond donors (Lipinski definition) is 0. The fraction of sp³-hybridized carbons (Fsp3) is 0.905. The number of alkyl halides is 1. The Morgan fingerprint density at radius 1 is 1.20 bits per heavy atom. The molecule has 4 aliphatic carbocycles. The van der Waals surface area contributed by atoms with Crippen LogP contribution in [0.15, 0.2) is 0 Å². The average molecular weight is 350 g/mol. The van der Waals surface area contributed by atoms with Crippen molar-refractivity contribution in [2.75, 3.05) is 7.11 Å². The molecule has 0 aliphatic heterocycles. The van der Waals surface area contributed by atoms with Crippen LogP contribution in [0.1, 0.15) is 65.7 Å². The molecule has 4 saturated carbocycles. The summed E-state index contributed by atoms with van der Waals surface area (Å²) in [5.41, 5.74) is -1.55. The van der Waals surface area contributed by atoms with Crippen molar-refractivity contribution in [3.05, 3.63) is 0 Å². The fourth-order valence-corrected chi connectivity index (χ4v) is 7.83. The van der Waals surface area contributed by atoms with Gasteiger partial charge >= 0.3 is 5.97 Å². The van der Waals surface area contributed by atoms with Gasteiger partial charge in [-0.05, 0) is 68.6 Å². The monoisotopic (exact) mass is 350 g/mol. The standard InChI is InChI=1S/C21H31FO3/c1-12-13-6-7-14-19(2)8-5-9-20(3,18(24)25-4)15(19)10-16(22)21(14,11-13)17(12)23/h12-16H,5-11H2,1-4H3/t12-,13+,14-,15-,16-,19-,20+,21+/m0/s1. The van der Waals surface area contributed by atoms with Crippen molar-refractivity contribution < 1.29 is 18.7 Å². The highest BCUT2D eigenvalue weighted by Gasteiger charge is 2.72. The molecular weight excluding hydrogens is 319 g/mol. The highest BCUT2D eigenvalue weighted by molar-refractivity contribution is 5.91. The van der Waals surface area contributed by atoms with E-state index in [-0.39, 0.29) is 34.9 Å². The third-order valence-corrected chi connectivity index (χ3v) is 9.05. The molecule has 0 N–H and O–H groups in total. The predicted molar refractivity (Wildman–Crippen MR) is 92.5 cm³/mol. The van der Waals surface area contributed by atoms with Gasteiger partial charge in [-0.25, -0.2) is 4.39 Å². The minimum Gasteiger partial charge on any atom is -0.469 e. The van der Waals surface area contributed by atoms with Crippen molar-refractivity contribution in [1.82, 2.24) is 0 Å². The minimum atomic E-state index is -1.11. The molecule has 0 aromatic heterocycles. The molecule has 4 fully saturated rings. The molecule has 0 amide bonds. The molecule has 2 bridgehead atoms. The number of ether oxygens (including phenoxy) is 1. The molecule has 0 aromatic rings. The van der Waals surface area contributed by atoms with Crippen molar-refractivity contribution in [3.63, 3.8) is 0 Å². The van der Waals surface area contributed by atoms with E-state index in [0.29, 0.717) is 12.3 Å². The van der Waals surface area contributed by atoms with E-state index in [9.17, 15) is 9.59 Å². The third-order valence-electron chi connectivity index (χ3n) is 9.05. The van der Waals surface area contributed by atoms with E-state index in [1.165, 1.54) is 7.11 Å². The van der Waals surface area contributed by atoms with Crippen LogP contribution in [0.2, 0.25) is 0 Å². The lowest BCUT2D eigenvalue weighted by atomic mass is 9.40. The SMILES string of the molecule is COC(=O)[C@]1(C)CCC[C@@]2(C)[C@@H]3CC[C@@H]4C[C@]3(C(=O)[C@H]4C)[C@@H](F)C[C@@H]21. The first-order valence-corrected chi connectivity index (χ1v) is 9.98. The number of ketones is 1. The van der Waals surface area contributed by atoms with Gasteiger partial charge in [0.25, 0.3) is 0 Å². The molecule has 0 unspecified atom stereocenters. The van der Waals surface area contributed by atoms with Crippen molar-refractivity contribution in [2.45, 2.75) is 71.9 Å². The summed E-state index contributed by atoms with van der Waals surface area (Å²) in [6.45, 7) is 6.22. The molecule has 0 aromatic carbocycles. The van der Waals surface area contributed by atoms with Gasteiger partial charge in [0.15, 0.2) is 0 Å². The lowest BCUT2D eigenvalue weighted by Gasteiger charge is -2.63. The maximum absolute atomic E-state index is 15.7. The smallest absolute Gasteiger partial charge is 0.311 e. The molecule has 140 valence electrons. The van der Waals surface area contributed by atoms with E-state index in [4.69, 9.17) is 4.74 Å². The van der Waals surface area contributed by atoms with E-state index in [2.05, 4.69) is 6.92 Å². The predicted octanol–water partition coefficient (Wildman–Crippen LogP) is 4.34. The Balaban J connectivity index is 1.81. The maximum Gasteiger partial charge on any atom is 0.311 e. The largest absolute Gasteiger partial charge is 0.469 e. The molecule has 0 saturated heterocycles. The van der Waals surface area contributed by atoms with Crippen LogP contribution in [0.4, 0.5) is 4.39 Å². The molecule has 0 radical (unpaired) electrons. The molecule has 25 heavy (non-hydrogen) atoms. The summed E-state index contributed by atoms with van der Waals surface area (Å²) in [7, 11) is 1.43. The third kappa shape index (κ3) is 1.92. The van der Waals surface area contributed by atoms with E-state index in [1.807, 2.05) is 13.8 Å². The summed E-state index contributed by atoms with van der Waals surface area (Å²) in [5, 5.41) is 0. The van der Waals surface area contributed by atoms with Gasteiger partial charge in [-0.1, -0.05) is 20.3 Å². The van der Waals surface area contributed by atoms with E-state index in [1.54, 1.807) is 0 Å². The highest BCUT2D eigenvalue weighted by atomic mass is 19.1. The van der Waals surface area contributed by atoms with Crippen molar-refractivity contribution in [3.8, 4) is 0 Å². The van der Waals surface area contributed by atoms with Gasteiger partial charge in [0.1, 0.15) is 12.0 Å². The second-order valence-electron chi connectivity index (χ2n) is 9.81. The van der Waals surface area contributed by atoms with Gasteiger partial charge in [-0.2, -0.15) is 0 Å². The van der Waals surface area contributed by atoms with Crippen LogP contribution in [0.5, 0.6) is 0 Å². The van der Waals surface area contributed by atoms with Crippen LogP contribution < -0.4 is 0 Å².